The third-order valence-electron chi connectivity index (χ3n) is 3.00. The summed E-state index contributed by atoms with van der Waals surface area (Å²) >= 11 is 1.72. The van der Waals surface area contributed by atoms with Gasteiger partial charge in [0.2, 0.25) is 5.91 Å². The molecule has 0 aromatic heterocycles. The number of rotatable bonds is 0. The Kier molecular flexibility index (Phi) is 3.67. The standard InChI is InChI=1S/C15H13NOS.CH4/c1-10-7-8-15-13(9-10)16(11(2)17)12-5-3-4-6-14(12)18-15;/h3-9H,1-2H3;1H4. The van der Waals surface area contributed by atoms with Gasteiger partial charge in [0, 0.05) is 16.7 Å². The van der Waals surface area contributed by atoms with Gasteiger partial charge in [0.15, 0.2) is 0 Å². The molecule has 1 aliphatic rings. The lowest BCUT2D eigenvalue weighted by Gasteiger charge is -2.30. The minimum absolute atomic E-state index is 0. The van der Waals surface area contributed by atoms with Gasteiger partial charge in [0.05, 0.1) is 11.4 Å². The van der Waals surface area contributed by atoms with E-state index in [1.54, 1.807) is 23.6 Å². The molecule has 2 aromatic carbocycles. The molecular weight excluding hydrogens is 254 g/mol. The Morgan fingerprint density at radius 2 is 1.74 bits per heavy atom. The van der Waals surface area contributed by atoms with Crippen molar-refractivity contribution < 1.29 is 4.79 Å². The Balaban J connectivity index is 0.00000133. The molecule has 1 aliphatic heterocycles. The molecule has 0 fully saturated rings. The largest absolute Gasteiger partial charge is 0.279 e. The third-order valence-corrected chi connectivity index (χ3v) is 4.13. The molecule has 1 heterocycles. The molecule has 0 saturated heterocycles. The van der Waals surface area contributed by atoms with Gasteiger partial charge in [0.25, 0.3) is 0 Å². The van der Waals surface area contributed by atoms with Gasteiger partial charge in [-0.15, -0.1) is 0 Å². The van der Waals surface area contributed by atoms with Crippen LogP contribution in [-0.2, 0) is 4.79 Å². The third kappa shape index (κ3) is 2.26. The van der Waals surface area contributed by atoms with E-state index >= 15 is 0 Å². The number of hydrogen-bond acceptors (Lipinski definition) is 2. The normalized spacial score (nSPS) is 12.2. The number of aryl methyl sites for hydroxylation is 1. The summed E-state index contributed by atoms with van der Waals surface area (Å²) in [6, 6.07) is 14.3. The van der Waals surface area contributed by atoms with Crippen molar-refractivity contribution in [2.75, 3.05) is 4.90 Å². The molecule has 2 nitrogen and oxygen atoms in total. The van der Waals surface area contributed by atoms with Crippen molar-refractivity contribution in [2.24, 2.45) is 0 Å². The van der Waals surface area contributed by atoms with E-state index < -0.39 is 0 Å². The van der Waals surface area contributed by atoms with Crippen LogP contribution in [0.5, 0.6) is 0 Å². The first-order valence-corrected chi connectivity index (χ1v) is 6.67. The monoisotopic (exact) mass is 271 g/mol. The van der Waals surface area contributed by atoms with Crippen molar-refractivity contribution in [3.05, 3.63) is 48.0 Å². The molecule has 0 saturated carbocycles. The van der Waals surface area contributed by atoms with Crippen molar-refractivity contribution in [2.45, 2.75) is 31.1 Å². The molecule has 0 unspecified atom stereocenters. The Labute approximate surface area is 118 Å². The first-order chi connectivity index (χ1) is 8.66. The average Bonchev–Trinajstić information content (AvgIpc) is 2.35. The van der Waals surface area contributed by atoms with E-state index in [0.29, 0.717) is 0 Å². The fourth-order valence-electron chi connectivity index (χ4n) is 2.20. The number of amides is 1. The molecule has 0 bridgehead atoms. The number of nitrogens with zero attached hydrogens (tertiary/aromatic N) is 1. The zero-order chi connectivity index (χ0) is 12.7. The highest BCUT2D eigenvalue weighted by Crippen LogP contribution is 2.48. The van der Waals surface area contributed by atoms with Gasteiger partial charge in [-0.3, -0.25) is 9.69 Å². The second-order valence-electron chi connectivity index (χ2n) is 4.40. The molecule has 19 heavy (non-hydrogen) atoms. The summed E-state index contributed by atoms with van der Waals surface area (Å²) < 4.78 is 0. The fourth-order valence-corrected chi connectivity index (χ4v) is 3.24. The SMILES string of the molecule is C.CC(=O)N1c2ccccc2Sc2ccc(C)cc21. The van der Waals surface area contributed by atoms with E-state index in [1.807, 2.05) is 25.1 Å². The molecule has 3 heteroatoms. The number of para-hydroxylation sites is 1. The quantitative estimate of drug-likeness (QED) is 0.687. The Hall–Kier alpha value is -1.74. The molecule has 2 aromatic rings. The number of benzene rings is 2. The first-order valence-electron chi connectivity index (χ1n) is 5.85. The summed E-state index contributed by atoms with van der Waals surface area (Å²) in [4.78, 5) is 16.0. The summed E-state index contributed by atoms with van der Waals surface area (Å²) in [6.45, 7) is 3.66. The van der Waals surface area contributed by atoms with E-state index in [2.05, 4.69) is 24.3 Å². The number of fused-ring (bicyclic) bond motifs is 2. The lowest BCUT2D eigenvalue weighted by atomic mass is 10.1. The van der Waals surface area contributed by atoms with Gasteiger partial charge in [0.1, 0.15) is 0 Å². The van der Waals surface area contributed by atoms with Crippen molar-refractivity contribution in [1.82, 2.24) is 0 Å². The molecule has 1 amide bonds. The zero-order valence-corrected chi connectivity index (χ0v) is 11.1. The van der Waals surface area contributed by atoms with Gasteiger partial charge in [-0.25, -0.2) is 0 Å². The number of carbonyl (C=O) groups excluding carboxylic acids is 1. The van der Waals surface area contributed by atoms with Gasteiger partial charge in [-0.2, -0.15) is 0 Å². The first kappa shape index (κ1) is 13.7. The minimum atomic E-state index is 0. The maximum Gasteiger partial charge on any atom is 0.228 e. The smallest absolute Gasteiger partial charge is 0.228 e. The Morgan fingerprint density at radius 1 is 1.05 bits per heavy atom. The van der Waals surface area contributed by atoms with Crippen LogP contribution in [0.15, 0.2) is 52.3 Å². The molecule has 98 valence electrons. The topological polar surface area (TPSA) is 20.3 Å². The molecule has 0 aliphatic carbocycles. The van der Waals surface area contributed by atoms with E-state index in [9.17, 15) is 4.79 Å². The van der Waals surface area contributed by atoms with Crippen LogP contribution in [0.4, 0.5) is 11.4 Å². The van der Waals surface area contributed by atoms with Gasteiger partial charge < -0.3 is 0 Å². The summed E-state index contributed by atoms with van der Waals surface area (Å²) in [5, 5.41) is 0. The zero-order valence-electron chi connectivity index (χ0n) is 10.3. The highest BCUT2D eigenvalue weighted by atomic mass is 32.2. The van der Waals surface area contributed by atoms with Crippen LogP contribution in [-0.4, -0.2) is 5.91 Å². The molecule has 0 N–H and O–H groups in total. The lowest BCUT2D eigenvalue weighted by molar-refractivity contribution is -0.115. The van der Waals surface area contributed by atoms with Crippen molar-refractivity contribution >= 4 is 29.0 Å². The predicted octanol–water partition coefficient (Wildman–Crippen LogP) is 4.78. The van der Waals surface area contributed by atoms with E-state index in [1.165, 1.54) is 5.56 Å². The molecular formula is C16H17NOS. The van der Waals surface area contributed by atoms with Crippen LogP contribution in [0, 0.1) is 6.92 Å². The number of anilines is 2. The summed E-state index contributed by atoms with van der Waals surface area (Å²) in [5.74, 6) is 0.0506. The second kappa shape index (κ2) is 5.10. The van der Waals surface area contributed by atoms with Crippen molar-refractivity contribution in [3.63, 3.8) is 0 Å². The molecule has 3 rings (SSSR count). The maximum atomic E-state index is 12.0. The van der Waals surface area contributed by atoms with Crippen LogP contribution in [0.3, 0.4) is 0 Å². The van der Waals surface area contributed by atoms with E-state index in [-0.39, 0.29) is 13.3 Å². The molecule has 0 spiro atoms. The highest BCUT2D eigenvalue weighted by molar-refractivity contribution is 7.99. The van der Waals surface area contributed by atoms with E-state index in [0.717, 1.165) is 21.2 Å². The van der Waals surface area contributed by atoms with Crippen LogP contribution in [0.25, 0.3) is 0 Å². The van der Waals surface area contributed by atoms with Gasteiger partial charge in [-0.05, 0) is 36.8 Å². The Morgan fingerprint density at radius 3 is 2.47 bits per heavy atom. The predicted molar refractivity (Wildman–Crippen MR) is 81.3 cm³/mol. The molecule has 0 radical (unpaired) electrons. The summed E-state index contributed by atoms with van der Waals surface area (Å²) in [5.41, 5.74) is 3.14. The fraction of sp³-hybridized carbons (Fsp3) is 0.188. The summed E-state index contributed by atoms with van der Waals surface area (Å²) in [7, 11) is 0. The Bertz CT molecular complexity index is 636. The average molecular weight is 271 g/mol. The van der Waals surface area contributed by atoms with Gasteiger partial charge >= 0.3 is 0 Å². The maximum absolute atomic E-state index is 12.0. The van der Waals surface area contributed by atoms with Crippen LogP contribution in [0.1, 0.15) is 19.9 Å². The number of carbonyl (C=O) groups is 1. The van der Waals surface area contributed by atoms with Crippen molar-refractivity contribution in [3.8, 4) is 0 Å². The van der Waals surface area contributed by atoms with E-state index in [4.69, 9.17) is 0 Å². The van der Waals surface area contributed by atoms with Crippen molar-refractivity contribution in [1.29, 1.82) is 0 Å². The minimum Gasteiger partial charge on any atom is -0.279 e. The van der Waals surface area contributed by atoms with Crippen LogP contribution in [0.2, 0.25) is 0 Å². The van der Waals surface area contributed by atoms with Crippen LogP contribution < -0.4 is 4.90 Å². The summed E-state index contributed by atoms with van der Waals surface area (Å²) in [6.07, 6.45) is 0. The molecule has 0 atom stereocenters. The second-order valence-corrected chi connectivity index (χ2v) is 5.48. The number of hydrogen-bond donors (Lipinski definition) is 0. The van der Waals surface area contributed by atoms with Crippen LogP contribution >= 0.6 is 11.8 Å². The highest BCUT2D eigenvalue weighted by Gasteiger charge is 2.25. The van der Waals surface area contributed by atoms with Gasteiger partial charge in [-0.1, -0.05) is 37.4 Å². The lowest BCUT2D eigenvalue weighted by Crippen LogP contribution is -2.25.